The normalized spacial score (nSPS) is 11.1. The van der Waals surface area contributed by atoms with Gasteiger partial charge < -0.3 is 5.32 Å². The van der Waals surface area contributed by atoms with Crippen LogP contribution in [0.4, 0.5) is 5.69 Å². The van der Waals surface area contributed by atoms with E-state index in [1.807, 2.05) is 6.07 Å². The van der Waals surface area contributed by atoms with Crippen molar-refractivity contribution < 1.29 is 18.0 Å². The second-order valence-electron chi connectivity index (χ2n) is 6.08. The summed E-state index contributed by atoms with van der Waals surface area (Å²) in [6.45, 7) is 0. The molecular formula is C21H17ClN2O4S. The molecule has 0 spiro atoms. The third kappa shape index (κ3) is 4.71. The molecule has 0 saturated heterocycles. The molecule has 0 unspecified atom stereocenters. The number of carbonyl (C=O) groups excluding carboxylic acids is 2. The monoisotopic (exact) mass is 428 g/mol. The molecule has 0 saturated carbocycles. The van der Waals surface area contributed by atoms with Crippen LogP contribution in [0.25, 0.3) is 0 Å². The molecule has 0 aliphatic rings. The molecule has 0 aromatic heterocycles. The van der Waals surface area contributed by atoms with Crippen molar-refractivity contribution in [3.05, 3.63) is 94.5 Å². The average molecular weight is 429 g/mol. The van der Waals surface area contributed by atoms with Gasteiger partial charge in [-0.15, -0.1) is 0 Å². The zero-order chi connectivity index (χ0) is 21.0. The third-order valence-electron chi connectivity index (χ3n) is 4.18. The first kappa shape index (κ1) is 20.7. The van der Waals surface area contributed by atoms with Crippen LogP contribution in [0.2, 0.25) is 5.02 Å². The lowest BCUT2D eigenvalue weighted by Crippen LogP contribution is -2.20. The van der Waals surface area contributed by atoms with Crippen molar-refractivity contribution in [2.75, 3.05) is 12.4 Å². The van der Waals surface area contributed by atoms with Crippen LogP contribution in [0.15, 0.2) is 77.7 Å². The Labute approximate surface area is 173 Å². The molecule has 3 rings (SSSR count). The van der Waals surface area contributed by atoms with Gasteiger partial charge in [0.15, 0.2) is 5.78 Å². The van der Waals surface area contributed by atoms with E-state index < -0.39 is 15.9 Å². The highest BCUT2D eigenvalue weighted by Gasteiger charge is 2.18. The Morgan fingerprint density at radius 3 is 2.24 bits per heavy atom. The summed E-state index contributed by atoms with van der Waals surface area (Å²) >= 11 is 6.08. The van der Waals surface area contributed by atoms with Crippen LogP contribution >= 0.6 is 11.6 Å². The van der Waals surface area contributed by atoms with Gasteiger partial charge in [-0.05, 0) is 37.4 Å². The summed E-state index contributed by atoms with van der Waals surface area (Å²) in [6.07, 6.45) is 0. The van der Waals surface area contributed by atoms with Gasteiger partial charge in [-0.2, -0.15) is 0 Å². The smallest absolute Gasteiger partial charge is 0.257 e. The van der Waals surface area contributed by atoms with Crippen LogP contribution in [-0.2, 0) is 10.0 Å². The van der Waals surface area contributed by atoms with Gasteiger partial charge in [0.1, 0.15) is 0 Å². The summed E-state index contributed by atoms with van der Waals surface area (Å²) in [5, 5.41) is 2.76. The van der Waals surface area contributed by atoms with Gasteiger partial charge >= 0.3 is 0 Å². The number of carbonyl (C=O) groups is 2. The molecule has 0 bridgehead atoms. The van der Waals surface area contributed by atoms with Gasteiger partial charge in [0.05, 0.1) is 15.5 Å². The second kappa shape index (κ2) is 8.57. The number of sulfonamides is 1. The number of ketones is 1. The minimum absolute atomic E-state index is 0.00257. The molecule has 29 heavy (non-hydrogen) atoms. The highest BCUT2D eigenvalue weighted by molar-refractivity contribution is 7.89. The largest absolute Gasteiger partial charge is 0.322 e. The topological polar surface area (TPSA) is 92.3 Å². The Kier molecular flexibility index (Phi) is 6.12. The summed E-state index contributed by atoms with van der Waals surface area (Å²) in [4.78, 5) is 25.2. The number of hydrogen-bond acceptors (Lipinski definition) is 4. The van der Waals surface area contributed by atoms with Crippen LogP contribution in [0.1, 0.15) is 26.3 Å². The number of rotatable bonds is 6. The summed E-state index contributed by atoms with van der Waals surface area (Å²) in [5.74, 6) is -0.769. The molecule has 0 heterocycles. The van der Waals surface area contributed by atoms with E-state index in [4.69, 9.17) is 11.6 Å². The van der Waals surface area contributed by atoms with Crippen LogP contribution in [0, 0.1) is 0 Å². The lowest BCUT2D eigenvalue weighted by atomic mass is 10.0. The molecule has 148 valence electrons. The van der Waals surface area contributed by atoms with Crippen molar-refractivity contribution in [1.29, 1.82) is 0 Å². The summed E-state index contributed by atoms with van der Waals surface area (Å²) in [7, 11) is -2.45. The minimum Gasteiger partial charge on any atom is -0.322 e. The predicted octanol–water partition coefficient (Wildman–Crippen LogP) is 3.73. The van der Waals surface area contributed by atoms with Crippen molar-refractivity contribution in [1.82, 2.24) is 4.72 Å². The van der Waals surface area contributed by atoms with Crippen LogP contribution in [0.5, 0.6) is 0 Å². The SMILES string of the molecule is CNS(=O)(=O)c1ccc(Cl)c(C(=O)Nc2cccc(C(=O)c3ccccc3)c2)c1. The number of anilines is 1. The minimum atomic E-state index is -3.73. The fourth-order valence-electron chi connectivity index (χ4n) is 2.66. The van der Waals surface area contributed by atoms with E-state index in [-0.39, 0.29) is 21.3 Å². The summed E-state index contributed by atoms with van der Waals surface area (Å²) in [5.41, 5.74) is 1.33. The van der Waals surface area contributed by atoms with E-state index >= 15 is 0 Å². The van der Waals surface area contributed by atoms with Gasteiger partial charge in [-0.25, -0.2) is 13.1 Å². The van der Waals surface area contributed by atoms with Crippen LogP contribution in [-0.4, -0.2) is 27.2 Å². The maximum atomic E-state index is 12.7. The maximum absolute atomic E-state index is 12.7. The van der Waals surface area contributed by atoms with E-state index in [1.54, 1.807) is 48.5 Å². The van der Waals surface area contributed by atoms with Crippen LogP contribution in [0.3, 0.4) is 0 Å². The number of amides is 1. The Bertz CT molecular complexity index is 1180. The first-order valence-electron chi connectivity index (χ1n) is 8.56. The van der Waals surface area contributed by atoms with Crippen molar-refractivity contribution >= 4 is 39.0 Å². The van der Waals surface area contributed by atoms with E-state index in [2.05, 4.69) is 10.0 Å². The van der Waals surface area contributed by atoms with E-state index in [9.17, 15) is 18.0 Å². The number of nitrogens with one attached hydrogen (secondary N) is 2. The molecule has 6 nitrogen and oxygen atoms in total. The van der Waals surface area contributed by atoms with Crippen molar-refractivity contribution in [2.24, 2.45) is 0 Å². The fraction of sp³-hybridized carbons (Fsp3) is 0.0476. The van der Waals surface area contributed by atoms with Gasteiger partial charge in [0.2, 0.25) is 10.0 Å². The molecule has 1 amide bonds. The molecule has 3 aromatic rings. The summed E-state index contributed by atoms with van der Waals surface area (Å²) in [6, 6.07) is 19.1. The zero-order valence-corrected chi connectivity index (χ0v) is 16.9. The molecule has 8 heteroatoms. The Hall–Kier alpha value is -3.00. The number of benzene rings is 3. The third-order valence-corrected chi connectivity index (χ3v) is 5.92. The lowest BCUT2D eigenvalue weighted by molar-refractivity contribution is 0.102. The first-order chi connectivity index (χ1) is 13.8. The summed E-state index contributed by atoms with van der Waals surface area (Å²) < 4.78 is 26.1. The average Bonchev–Trinajstić information content (AvgIpc) is 2.74. The molecule has 3 aromatic carbocycles. The zero-order valence-electron chi connectivity index (χ0n) is 15.3. The molecule has 0 atom stereocenters. The maximum Gasteiger partial charge on any atom is 0.257 e. The van der Waals surface area contributed by atoms with Crippen molar-refractivity contribution in [3.8, 4) is 0 Å². The van der Waals surface area contributed by atoms with E-state index in [0.717, 1.165) is 0 Å². The Morgan fingerprint density at radius 1 is 0.862 bits per heavy atom. The quantitative estimate of drug-likeness (QED) is 0.585. The molecule has 0 aliphatic heterocycles. The van der Waals surface area contributed by atoms with Gasteiger partial charge in [0.25, 0.3) is 5.91 Å². The number of halogens is 1. The van der Waals surface area contributed by atoms with Crippen molar-refractivity contribution in [3.63, 3.8) is 0 Å². The van der Waals surface area contributed by atoms with E-state index in [0.29, 0.717) is 16.8 Å². The molecule has 0 fully saturated rings. The highest BCUT2D eigenvalue weighted by Crippen LogP contribution is 2.22. The standard InChI is InChI=1S/C21H17ClN2O4S/c1-23-29(27,28)17-10-11-19(22)18(13-17)21(26)24-16-9-5-8-15(12-16)20(25)14-6-3-2-4-7-14/h2-13,23H,1H3,(H,24,26). The second-order valence-corrected chi connectivity index (χ2v) is 8.37. The van der Waals surface area contributed by atoms with E-state index in [1.165, 1.54) is 25.2 Å². The Balaban J connectivity index is 1.87. The lowest BCUT2D eigenvalue weighted by Gasteiger charge is -2.10. The van der Waals surface area contributed by atoms with Crippen molar-refractivity contribution in [2.45, 2.75) is 4.90 Å². The highest BCUT2D eigenvalue weighted by atomic mass is 35.5. The molecular weight excluding hydrogens is 412 g/mol. The molecule has 0 aliphatic carbocycles. The molecule has 0 radical (unpaired) electrons. The van der Waals surface area contributed by atoms with Gasteiger partial charge in [0, 0.05) is 16.8 Å². The number of hydrogen-bond donors (Lipinski definition) is 2. The predicted molar refractivity (Wildman–Crippen MR) is 112 cm³/mol. The molecule has 2 N–H and O–H groups in total. The van der Waals surface area contributed by atoms with Gasteiger partial charge in [-0.3, -0.25) is 9.59 Å². The Morgan fingerprint density at radius 2 is 1.55 bits per heavy atom. The fourth-order valence-corrected chi connectivity index (χ4v) is 3.62. The first-order valence-corrected chi connectivity index (χ1v) is 10.4. The van der Waals surface area contributed by atoms with Crippen LogP contribution < -0.4 is 10.0 Å². The van der Waals surface area contributed by atoms with Gasteiger partial charge in [-0.1, -0.05) is 54.1 Å².